The third-order valence-electron chi connectivity index (χ3n) is 2.68. The van der Waals surface area contributed by atoms with Crippen LogP contribution in [0.5, 0.6) is 0 Å². The number of carbonyl (C=O) groups excluding carboxylic acids is 1. The van der Waals surface area contributed by atoms with Crippen molar-refractivity contribution in [2.24, 2.45) is 5.41 Å². The molecular formula is C12H15FN2O2. The van der Waals surface area contributed by atoms with Gasteiger partial charge in [-0.2, -0.15) is 0 Å². The molecule has 2 N–H and O–H groups in total. The van der Waals surface area contributed by atoms with Crippen LogP contribution in [0, 0.1) is 11.2 Å². The molecular weight excluding hydrogens is 223 g/mol. The molecule has 1 aromatic rings. The van der Waals surface area contributed by atoms with Crippen molar-refractivity contribution < 1.29 is 13.9 Å². The molecule has 0 radical (unpaired) electrons. The van der Waals surface area contributed by atoms with Crippen molar-refractivity contribution in [3.8, 4) is 0 Å². The number of anilines is 1. The highest BCUT2D eigenvalue weighted by Crippen LogP contribution is 2.25. The molecule has 92 valence electrons. The van der Waals surface area contributed by atoms with Crippen molar-refractivity contribution in [1.82, 2.24) is 5.32 Å². The molecule has 0 aliphatic carbocycles. The monoisotopic (exact) mass is 238 g/mol. The number of rotatable bonds is 3. The zero-order chi connectivity index (χ0) is 12.3. The Labute approximate surface area is 99.2 Å². The molecule has 1 aromatic carbocycles. The molecule has 4 nitrogen and oxygen atoms in total. The lowest BCUT2D eigenvalue weighted by Crippen LogP contribution is -2.49. The average Bonchev–Trinajstić information content (AvgIpc) is 2.27. The SMILES string of the molecule is CC1(CNC(=O)Nc2ccc(F)cc2)COC1. The molecule has 1 aliphatic rings. The van der Waals surface area contributed by atoms with Gasteiger partial charge in [0.1, 0.15) is 5.82 Å². The number of urea groups is 1. The topological polar surface area (TPSA) is 50.4 Å². The minimum atomic E-state index is -0.324. The summed E-state index contributed by atoms with van der Waals surface area (Å²) in [4.78, 5) is 11.5. The Morgan fingerprint density at radius 1 is 1.41 bits per heavy atom. The number of ether oxygens (including phenoxy) is 1. The van der Waals surface area contributed by atoms with Crippen molar-refractivity contribution >= 4 is 11.7 Å². The fourth-order valence-corrected chi connectivity index (χ4v) is 1.55. The molecule has 0 spiro atoms. The lowest BCUT2D eigenvalue weighted by molar-refractivity contribution is -0.0974. The summed E-state index contributed by atoms with van der Waals surface area (Å²) in [5, 5.41) is 5.40. The molecule has 0 aromatic heterocycles. The first kappa shape index (κ1) is 11.9. The van der Waals surface area contributed by atoms with Crippen LogP contribution in [0.25, 0.3) is 0 Å². The van der Waals surface area contributed by atoms with Gasteiger partial charge < -0.3 is 15.4 Å². The number of hydrogen-bond acceptors (Lipinski definition) is 2. The Hall–Kier alpha value is -1.62. The van der Waals surface area contributed by atoms with E-state index in [1.54, 1.807) is 0 Å². The van der Waals surface area contributed by atoms with E-state index in [2.05, 4.69) is 17.6 Å². The maximum Gasteiger partial charge on any atom is 0.319 e. The number of hydrogen-bond donors (Lipinski definition) is 2. The smallest absolute Gasteiger partial charge is 0.319 e. The maximum absolute atomic E-state index is 12.6. The molecule has 0 atom stereocenters. The predicted molar refractivity (Wildman–Crippen MR) is 62.3 cm³/mol. The van der Waals surface area contributed by atoms with Crippen LogP contribution in [0.3, 0.4) is 0 Å². The average molecular weight is 238 g/mol. The van der Waals surface area contributed by atoms with Gasteiger partial charge in [-0.1, -0.05) is 6.92 Å². The van der Waals surface area contributed by atoms with Gasteiger partial charge in [0, 0.05) is 17.6 Å². The van der Waals surface area contributed by atoms with Crippen molar-refractivity contribution in [1.29, 1.82) is 0 Å². The van der Waals surface area contributed by atoms with Gasteiger partial charge in [0.05, 0.1) is 13.2 Å². The van der Waals surface area contributed by atoms with E-state index in [1.165, 1.54) is 24.3 Å². The van der Waals surface area contributed by atoms with E-state index in [0.717, 1.165) is 0 Å². The summed E-state index contributed by atoms with van der Waals surface area (Å²) in [6.07, 6.45) is 0. The predicted octanol–water partition coefficient (Wildman–Crippen LogP) is 1.98. The number of amides is 2. The summed E-state index contributed by atoms with van der Waals surface area (Å²) in [6, 6.07) is 5.35. The fourth-order valence-electron chi connectivity index (χ4n) is 1.55. The molecule has 1 aliphatic heterocycles. The van der Waals surface area contributed by atoms with Crippen molar-refractivity contribution in [3.63, 3.8) is 0 Å². The largest absolute Gasteiger partial charge is 0.380 e. The number of halogens is 1. The van der Waals surface area contributed by atoms with Crippen molar-refractivity contribution in [2.75, 3.05) is 25.1 Å². The summed E-state index contributed by atoms with van der Waals surface area (Å²) in [5.74, 6) is -0.324. The lowest BCUT2D eigenvalue weighted by Gasteiger charge is -2.37. The van der Waals surface area contributed by atoms with Gasteiger partial charge in [-0.15, -0.1) is 0 Å². The van der Waals surface area contributed by atoms with Gasteiger partial charge in [-0.25, -0.2) is 9.18 Å². The van der Waals surface area contributed by atoms with Crippen LogP contribution in [0.2, 0.25) is 0 Å². The van der Waals surface area contributed by atoms with E-state index in [1.807, 2.05) is 0 Å². The summed E-state index contributed by atoms with van der Waals surface area (Å²) < 4.78 is 17.7. The first-order valence-electron chi connectivity index (χ1n) is 5.46. The summed E-state index contributed by atoms with van der Waals surface area (Å²) in [5.41, 5.74) is 0.610. The molecule has 1 fully saturated rings. The standard InChI is InChI=1S/C12H15FN2O2/c1-12(7-17-8-12)6-14-11(16)15-10-4-2-9(13)3-5-10/h2-5H,6-8H2,1H3,(H2,14,15,16). The lowest BCUT2D eigenvalue weighted by atomic mass is 9.89. The second kappa shape index (κ2) is 4.71. The molecule has 1 heterocycles. The molecule has 0 unspecified atom stereocenters. The zero-order valence-corrected chi connectivity index (χ0v) is 9.63. The van der Waals surface area contributed by atoms with Crippen molar-refractivity contribution in [3.05, 3.63) is 30.1 Å². The minimum absolute atomic E-state index is 0.0418. The molecule has 2 amide bonds. The van der Waals surface area contributed by atoms with E-state index >= 15 is 0 Å². The molecule has 0 saturated carbocycles. The van der Waals surface area contributed by atoms with E-state index in [-0.39, 0.29) is 17.3 Å². The van der Waals surface area contributed by atoms with E-state index in [9.17, 15) is 9.18 Å². The van der Waals surface area contributed by atoms with Gasteiger partial charge >= 0.3 is 6.03 Å². The Morgan fingerprint density at radius 2 is 2.06 bits per heavy atom. The molecule has 2 rings (SSSR count). The van der Waals surface area contributed by atoms with Crippen LogP contribution in [0.1, 0.15) is 6.92 Å². The van der Waals surface area contributed by atoms with Gasteiger partial charge in [0.2, 0.25) is 0 Å². The Morgan fingerprint density at radius 3 is 2.59 bits per heavy atom. The second-order valence-corrected chi connectivity index (χ2v) is 4.62. The fraction of sp³-hybridized carbons (Fsp3) is 0.417. The molecule has 5 heteroatoms. The summed E-state index contributed by atoms with van der Waals surface area (Å²) in [7, 11) is 0. The van der Waals surface area contributed by atoms with Crippen LogP contribution in [0.4, 0.5) is 14.9 Å². The van der Waals surface area contributed by atoms with Gasteiger partial charge in [0.15, 0.2) is 0 Å². The highest BCUT2D eigenvalue weighted by Gasteiger charge is 2.33. The summed E-state index contributed by atoms with van der Waals surface area (Å²) in [6.45, 7) is 3.96. The van der Waals surface area contributed by atoms with E-state index < -0.39 is 0 Å². The molecule has 1 saturated heterocycles. The van der Waals surface area contributed by atoms with Crippen LogP contribution in [0.15, 0.2) is 24.3 Å². The normalized spacial score (nSPS) is 17.1. The summed E-state index contributed by atoms with van der Waals surface area (Å²) >= 11 is 0. The Kier molecular flexibility index (Phi) is 3.28. The minimum Gasteiger partial charge on any atom is -0.380 e. The van der Waals surface area contributed by atoms with Crippen LogP contribution >= 0.6 is 0 Å². The van der Waals surface area contributed by atoms with Crippen LogP contribution in [-0.4, -0.2) is 25.8 Å². The third kappa shape index (κ3) is 3.17. The van der Waals surface area contributed by atoms with E-state index in [4.69, 9.17) is 4.74 Å². The van der Waals surface area contributed by atoms with Gasteiger partial charge in [-0.05, 0) is 24.3 Å². The highest BCUT2D eigenvalue weighted by molar-refractivity contribution is 5.89. The van der Waals surface area contributed by atoms with E-state index in [0.29, 0.717) is 25.4 Å². The molecule has 0 bridgehead atoms. The van der Waals surface area contributed by atoms with Gasteiger partial charge in [0.25, 0.3) is 0 Å². The first-order chi connectivity index (χ1) is 8.07. The highest BCUT2D eigenvalue weighted by atomic mass is 19.1. The quantitative estimate of drug-likeness (QED) is 0.846. The Bertz CT molecular complexity index is 401. The van der Waals surface area contributed by atoms with Crippen LogP contribution in [-0.2, 0) is 4.74 Å². The first-order valence-corrected chi connectivity index (χ1v) is 5.46. The molecule has 17 heavy (non-hydrogen) atoms. The third-order valence-corrected chi connectivity index (χ3v) is 2.68. The second-order valence-electron chi connectivity index (χ2n) is 4.62. The maximum atomic E-state index is 12.6. The van der Waals surface area contributed by atoms with Gasteiger partial charge in [-0.3, -0.25) is 0 Å². The zero-order valence-electron chi connectivity index (χ0n) is 9.63. The van der Waals surface area contributed by atoms with Crippen molar-refractivity contribution in [2.45, 2.75) is 6.92 Å². The Balaban J connectivity index is 1.79. The number of nitrogens with one attached hydrogen (secondary N) is 2. The number of benzene rings is 1. The number of carbonyl (C=O) groups is 1. The van der Waals surface area contributed by atoms with Crippen LogP contribution < -0.4 is 10.6 Å².